The van der Waals surface area contributed by atoms with Crippen molar-refractivity contribution < 1.29 is 4.57 Å². The zero-order valence-corrected chi connectivity index (χ0v) is 11.9. The van der Waals surface area contributed by atoms with Crippen molar-refractivity contribution in [2.45, 2.75) is 0 Å². The molecule has 0 aliphatic carbocycles. The normalized spacial score (nSPS) is 13.9. The van der Waals surface area contributed by atoms with Gasteiger partial charge < -0.3 is 5.09 Å². The topological polar surface area (TPSA) is 29.1 Å². The standard InChI is InChI=1S/C13H12Cl2NOP/c14-10-18(17,13-4-2-1-3-5-13)16-12-8-6-11(15)7-9-12/h1-9H,10H2,(H,16,17). The van der Waals surface area contributed by atoms with E-state index in [1.54, 1.807) is 24.3 Å². The van der Waals surface area contributed by atoms with Crippen molar-refractivity contribution in [1.29, 1.82) is 0 Å². The van der Waals surface area contributed by atoms with Crippen LogP contribution >= 0.6 is 30.5 Å². The Balaban J connectivity index is 2.29. The van der Waals surface area contributed by atoms with E-state index in [2.05, 4.69) is 5.09 Å². The Morgan fingerprint density at radius 3 is 2.17 bits per heavy atom. The third kappa shape index (κ3) is 3.08. The fourth-order valence-electron chi connectivity index (χ4n) is 1.57. The molecule has 0 bridgehead atoms. The summed E-state index contributed by atoms with van der Waals surface area (Å²) >= 11 is 11.7. The molecule has 2 rings (SSSR count). The maximum atomic E-state index is 12.8. The number of benzene rings is 2. The van der Waals surface area contributed by atoms with Gasteiger partial charge in [-0.2, -0.15) is 0 Å². The monoisotopic (exact) mass is 299 g/mol. The molecule has 0 amide bonds. The molecule has 0 aliphatic heterocycles. The van der Waals surface area contributed by atoms with E-state index in [1.807, 2.05) is 30.3 Å². The Labute approximate surface area is 116 Å². The summed E-state index contributed by atoms with van der Waals surface area (Å²) in [6, 6.07) is 16.2. The van der Waals surface area contributed by atoms with Gasteiger partial charge in [-0.15, -0.1) is 11.6 Å². The number of halogens is 2. The Bertz CT molecular complexity index is 557. The van der Waals surface area contributed by atoms with E-state index in [9.17, 15) is 4.57 Å². The summed E-state index contributed by atoms with van der Waals surface area (Å²) in [5, 5.41) is 4.37. The Hall–Kier alpha value is -0.950. The van der Waals surface area contributed by atoms with Crippen molar-refractivity contribution in [2.75, 3.05) is 10.7 Å². The summed E-state index contributed by atoms with van der Waals surface area (Å²) in [4.78, 5) is 0. The minimum Gasteiger partial charge on any atom is -0.332 e. The van der Waals surface area contributed by atoms with Gasteiger partial charge in [-0.3, -0.25) is 4.57 Å². The first-order valence-corrected chi connectivity index (χ1v) is 8.19. The predicted molar refractivity (Wildman–Crippen MR) is 79.5 cm³/mol. The fourth-order valence-corrected chi connectivity index (χ4v) is 3.83. The van der Waals surface area contributed by atoms with Gasteiger partial charge in [-0.25, -0.2) is 0 Å². The van der Waals surface area contributed by atoms with Crippen LogP contribution in [0.1, 0.15) is 0 Å². The Morgan fingerprint density at radius 2 is 1.61 bits per heavy atom. The molecule has 94 valence electrons. The van der Waals surface area contributed by atoms with Crippen LogP contribution in [0.4, 0.5) is 5.69 Å². The molecule has 0 heterocycles. The molecule has 18 heavy (non-hydrogen) atoms. The SMILES string of the molecule is O=P(CCl)(Nc1ccc(Cl)cc1)c1ccccc1. The molecule has 1 N–H and O–H groups in total. The molecule has 0 fully saturated rings. The van der Waals surface area contributed by atoms with Crippen molar-refractivity contribution >= 4 is 41.5 Å². The number of nitrogens with one attached hydrogen (secondary N) is 1. The summed E-state index contributed by atoms with van der Waals surface area (Å²) in [7, 11) is -2.82. The molecule has 0 radical (unpaired) electrons. The highest BCUT2D eigenvalue weighted by molar-refractivity contribution is 7.74. The van der Waals surface area contributed by atoms with Crippen molar-refractivity contribution in [2.24, 2.45) is 0 Å². The van der Waals surface area contributed by atoms with Crippen molar-refractivity contribution in [3.63, 3.8) is 0 Å². The molecule has 0 saturated heterocycles. The zero-order chi connectivity index (χ0) is 13.0. The van der Waals surface area contributed by atoms with Crippen molar-refractivity contribution in [3.05, 3.63) is 59.6 Å². The lowest BCUT2D eigenvalue weighted by Gasteiger charge is -2.18. The van der Waals surface area contributed by atoms with E-state index in [0.29, 0.717) is 5.02 Å². The van der Waals surface area contributed by atoms with E-state index in [1.165, 1.54) is 0 Å². The average Bonchev–Trinajstić information content (AvgIpc) is 2.42. The number of hydrogen-bond donors (Lipinski definition) is 1. The van der Waals surface area contributed by atoms with E-state index in [4.69, 9.17) is 23.2 Å². The predicted octanol–water partition coefficient (Wildman–Crippen LogP) is 4.55. The second kappa shape index (κ2) is 5.79. The van der Waals surface area contributed by atoms with E-state index in [0.717, 1.165) is 11.0 Å². The van der Waals surface area contributed by atoms with Gasteiger partial charge in [0.15, 0.2) is 0 Å². The van der Waals surface area contributed by atoms with Gasteiger partial charge in [0.05, 0.1) is 5.62 Å². The van der Waals surface area contributed by atoms with Gasteiger partial charge in [0, 0.05) is 16.0 Å². The number of hydrogen-bond acceptors (Lipinski definition) is 1. The lowest BCUT2D eigenvalue weighted by molar-refractivity contribution is 0.587. The maximum Gasteiger partial charge on any atom is 0.212 e. The number of anilines is 1. The fraction of sp³-hybridized carbons (Fsp3) is 0.0769. The first-order chi connectivity index (χ1) is 8.64. The van der Waals surface area contributed by atoms with E-state index >= 15 is 0 Å². The number of rotatable bonds is 4. The smallest absolute Gasteiger partial charge is 0.212 e. The molecule has 0 saturated carbocycles. The highest BCUT2D eigenvalue weighted by Crippen LogP contribution is 2.45. The van der Waals surface area contributed by atoms with Crippen LogP contribution in [0.5, 0.6) is 0 Å². The molecule has 1 unspecified atom stereocenters. The molecular weight excluding hydrogens is 288 g/mol. The van der Waals surface area contributed by atoms with Crippen LogP contribution in [-0.4, -0.2) is 5.62 Å². The molecule has 2 aromatic rings. The number of alkyl halides is 1. The molecule has 0 aromatic heterocycles. The van der Waals surface area contributed by atoms with E-state index < -0.39 is 7.29 Å². The maximum absolute atomic E-state index is 12.8. The lowest BCUT2D eigenvalue weighted by atomic mass is 10.3. The lowest BCUT2D eigenvalue weighted by Crippen LogP contribution is -2.12. The highest BCUT2D eigenvalue weighted by Gasteiger charge is 2.23. The molecule has 0 aliphatic rings. The zero-order valence-electron chi connectivity index (χ0n) is 9.51. The van der Waals surface area contributed by atoms with Crippen LogP contribution < -0.4 is 10.4 Å². The van der Waals surface area contributed by atoms with Crippen molar-refractivity contribution in [3.8, 4) is 0 Å². The third-order valence-corrected chi connectivity index (χ3v) is 5.85. The quantitative estimate of drug-likeness (QED) is 0.663. The Kier molecular flexibility index (Phi) is 4.34. The average molecular weight is 300 g/mol. The first kappa shape index (κ1) is 13.5. The molecular formula is C13H12Cl2NOP. The second-order valence-corrected chi connectivity index (χ2v) is 7.43. The highest BCUT2D eigenvalue weighted by atomic mass is 35.5. The van der Waals surface area contributed by atoms with Crippen LogP contribution in [0.3, 0.4) is 0 Å². The minimum atomic E-state index is -2.82. The van der Waals surface area contributed by atoms with E-state index in [-0.39, 0.29) is 5.62 Å². The summed E-state index contributed by atoms with van der Waals surface area (Å²) in [5.41, 5.74) is 0.784. The molecule has 5 heteroatoms. The summed E-state index contributed by atoms with van der Waals surface area (Å²) < 4.78 is 12.8. The summed E-state index contributed by atoms with van der Waals surface area (Å²) in [6.45, 7) is 0. The first-order valence-electron chi connectivity index (χ1n) is 5.38. The molecule has 2 nitrogen and oxygen atoms in total. The molecule has 0 spiro atoms. The second-order valence-electron chi connectivity index (χ2n) is 3.81. The molecule has 1 atom stereocenters. The van der Waals surface area contributed by atoms with Gasteiger partial charge in [0.2, 0.25) is 7.29 Å². The third-order valence-electron chi connectivity index (χ3n) is 2.50. The minimum absolute atomic E-state index is 0.0413. The van der Waals surface area contributed by atoms with Gasteiger partial charge in [-0.05, 0) is 36.4 Å². The Morgan fingerprint density at radius 1 is 1.00 bits per heavy atom. The van der Waals surface area contributed by atoms with Crippen LogP contribution in [-0.2, 0) is 4.57 Å². The van der Waals surface area contributed by atoms with Gasteiger partial charge in [0.1, 0.15) is 0 Å². The van der Waals surface area contributed by atoms with Gasteiger partial charge in [0.25, 0.3) is 0 Å². The van der Waals surface area contributed by atoms with Crippen molar-refractivity contribution in [1.82, 2.24) is 0 Å². The summed E-state index contributed by atoms with van der Waals surface area (Å²) in [5.74, 6) is 0. The molecule has 2 aromatic carbocycles. The largest absolute Gasteiger partial charge is 0.332 e. The van der Waals surface area contributed by atoms with Gasteiger partial charge >= 0.3 is 0 Å². The van der Waals surface area contributed by atoms with Crippen LogP contribution in [0.2, 0.25) is 5.02 Å². The van der Waals surface area contributed by atoms with Crippen LogP contribution in [0, 0.1) is 0 Å². The van der Waals surface area contributed by atoms with Crippen LogP contribution in [0.25, 0.3) is 0 Å². The van der Waals surface area contributed by atoms with Gasteiger partial charge in [-0.1, -0.05) is 29.8 Å². The summed E-state index contributed by atoms with van der Waals surface area (Å²) in [6.07, 6.45) is 0. The van der Waals surface area contributed by atoms with Crippen LogP contribution in [0.15, 0.2) is 54.6 Å².